The molecule has 0 bridgehead atoms. The van der Waals surface area contributed by atoms with Gasteiger partial charge in [-0.15, -0.1) is 23.1 Å². The lowest BCUT2D eigenvalue weighted by molar-refractivity contribution is -0.146. The minimum atomic E-state index is -0.794. The van der Waals surface area contributed by atoms with E-state index in [1.54, 1.807) is 5.38 Å². The molecule has 0 aliphatic carbocycles. The van der Waals surface area contributed by atoms with Crippen LogP contribution in [0.2, 0.25) is 0 Å². The van der Waals surface area contributed by atoms with Crippen molar-refractivity contribution in [2.24, 2.45) is 11.1 Å². The first-order valence-corrected chi connectivity index (χ1v) is 12.4. The molecule has 32 heavy (non-hydrogen) atoms. The number of carbonyl (C=O) groups excluding carboxylic acids is 3. The fraction of sp³-hybridized carbons (Fsp3) is 0.526. The van der Waals surface area contributed by atoms with E-state index in [2.05, 4.69) is 28.1 Å². The van der Waals surface area contributed by atoms with Crippen molar-refractivity contribution in [3.63, 3.8) is 0 Å². The Labute approximate surface area is 198 Å². The third-order valence-electron chi connectivity index (χ3n) is 5.57. The molecule has 4 rings (SSSR count). The molecule has 1 aromatic heterocycles. The van der Waals surface area contributed by atoms with Crippen molar-refractivity contribution in [2.75, 3.05) is 31.8 Å². The summed E-state index contributed by atoms with van der Waals surface area (Å²) in [6.07, 6.45) is 2.60. The number of anilines is 1. The maximum absolute atomic E-state index is 13.0. The zero-order valence-corrected chi connectivity index (χ0v) is 19.8. The molecule has 2 amide bonds. The molecule has 3 aliphatic heterocycles. The third-order valence-corrected chi connectivity index (χ3v) is 7.80. The molecule has 3 N–H and O–H groups in total. The first-order chi connectivity index (χ1) is 15.4. The first kappa shape index (κ1) is 23.1. The van der Waals surface area contributed by atoms with Crippen LogP contribution in [-0.4, -0.2) is 70.0 Å². The van der Waals surface area contributed by atoms with Crippen LogP contribution < -0.4 is 11.1 Å². The zero-order valence-electron chi connectivity index (χ0n) is 17.3. The van der Waals surface area contributed by atoms with Crippen LogP contribution in [0.1, 0.15) is 25.0 Å². The van der Waals surface area contributed by atoms with Crippen molar-refractivity contribution >= 4 is 63.5 Å². The van der Waals surface area contributed by atoms with Crippen LogP contribution in [0.4, 0.5) is 5.13 Å². The minimum Gasteiger partial charge on any atom is -0.398 e. The number of nitrogens with two attached hydrogens (primary N) is 1. The Morgan fingerprint density at radius 3 is 2.81 bits per heavy atom. The number of nitrogens with zero attached hydrogens (tertiary/aromatic N) is 3. The molecule has 2 fully saturated rings. The predicted octanol–water partition coefficient (Wildman–Crippen LogP) is 1.00. The van der Waals surface area contributed by atoms with E-state index in [0.29, 0.717) is 30.6 Å². The maximum Gasteiger partial charge on any atom is 0.276 e. The van der Waals surface area contributed by atoms with Gasteiger partial charge in [-0.1, -0.05) is 17.8 Å². The Hall–Kier alpha value is -2.09. The van der Waals surface area contributed by atoms with Crippen molar-refractivity contribution in [3.05, 3.63) is 22.3 Å². The predicted molar refractivity (Wildman–Crippen MR) is 124 cm³/mol. The largest absolute Gasteiger partial charge is 0.398 e. The van der Waals surface area contributed by atoms with E-state index in [1.165, 1.54) is 23.8 Å². The SMILES string of the molecule is CO/N=C(\C(=O)NC1C(=O)N2C(C(=O)S)=C(CC3CCOCC3)CS[C@H]12)c1csc(N)n1. The van der Waals surface area contributed by atoms with Gasteiger partial charge in [0.2, 0.25) is 5.12 Å². The third kappa shape index (κ3) is 4.51. The van der Waals surface area contributed by atoms with Gasteiger partial charge >= 0.3 is 0 Å². The molecule has 2 saturated heterocycles. The highest BCUT2D eigenvalue weighted by Gasteiger charge is 2.54. The fourth-order valence-corrected chi connectivity index (χ4v) is 6.22. The number of aromatic nitrogens is 1. The summed E-state index contributed by atoms with van der Waals surface area (Å²) in [5, 5.41) is 7.49. The molecule has 172 valence electrons. The number of thioether (sulfide) groups is 1. The van der Waals surface area contributed by atoms with Crippen LogP contribution in [0.3, 0.4) is 0 Å². The number of nitrogens with one attached hydrogen (secondary N) is 1. The topological polar surface area (TPSA) is 136 Å². The van der Waals surface area contributed by atoms with Crippen molar-refractivity contribution in [3.8, 4) is 0 Å². The molecule has 1 aromatic rings. The normalized spacial score (nSPS) is 24.1. The lowest BCUT2D eigenvalue weighted by Crippen LogP contribution is -2.70. The molecule has 10 nitrogen and oxygen atoms in total. The molecule has 1 unspecified atom stereocenters. The Morgan fingerprint density at radius 2 is 2.19 bits per heavy atom. The maximum atomic E-state index is 13.0. The van der Waals surface area contributed by atoms with Gasteiger partial charge in [0.15, 0.2) is 10.8 Å². The van der Waals surface area contributed by atoms with Gasteiger partial charge in [0.05, 0.1) is 5.70 Å². The second kappa shape index (κ2) is 9.81. The summed E-state index contributed by atoms with van der Waals surface area (Å²) in [5.74, 6) is 0.0591. The summed E-state index contributed by atoms with van der Waals surface area (Å²) in [6, 6.07) is -0.794. The number of β-lactam (4-membered cyclic amide) rings is 1. The average molecular weight is 498 g/mol. The molecule has 3 aliphatic rings. The van der Waals surface area contributed by atoms with Gasteiger partial charge in [-0.05, 0) is 30.8 Å². The lowest BCUT2D eigenvalue weighted by atomic mass is 9.91. The summed E-state index contributed by atoms with van der Waals surface area (Å²) in [7, 11) is 1.31. The molecule has 4 heterocycles. The highest BCUT2D eigenvalue weighted by molar-refractivity contribution is 8.00. The zero-order chi connectivity index (χ0) is 22.8. The van der Waals surface area contributed by atoms with Crippen LogP contribution in [-0.2, 0) is 24.0 Å². The van der Waals surface area contributed by atoms with Crippen molar-refractivity contribution in [1.82, 2.24) is 15.2 Å². The number of fused-ring (bicyclic) bond motifs is 1. The molecule has 0 radical (unpaired) electrons. The molecular formula is C19H23N5O5S3. The number of amides is 2. The number of thiol groups is 1. The lowest BCUT2D eigenvalue weighted by Gasteiger charge is -2.50. The number of oxime groups is 1. The second-order valence-corrected chi connectivity index (χ2v) is 9.97. The molecule has 0 aromatic carbocycles. The summed E-state index contributed by atoms with van der Waals surface area (Å²) in [6.45, 7) is 1.43. The highest BCUT2D eigenvalue weighted by atomic mass is 32.2. The highest BCUT2D eigenvalue weighted by Crippen LogP contribution is 2.43. The van der Waals surface area contributed by atoms with E-state index < -0.39 is 17.1 Å². The van der Waals surface area contributed by atoms with Gasteiger partial charge in [0.25, 0.3) is 11.8 Å². The van der Waals surface area contributed by atoms with Gasteiger partial charge in [0, 0.05) is 24.3 Å². The van der Waals surface area contributed by atoms with Gasteiger partial charge in [0.1, 0.15) is 24.2 Å². The van der Waals surface area contributed by atoms with E-state index in [-0.39, 0.29) is 27.8 Å². The first-order valence-electron chi connectivity index (χ1n) is 10.0. The second-order valence-electron chi connectivity index (χ2n) is 7.57. The minimum absolute atomic E-state index is 0.0752. The van der Waals surface area contributed by atoms with Crippen molar-refractivity contribution < 1.29 is 24.0 Å². The van der Waals surface area contributed by atoms with Crippen molar-refractivity contribution in [2.45, 2.75) is 30.7 Å². The van der Waals surface area contributed by atoms with Gasteiger partial charge in [-0.2, -0.15) is 0 Å². The molecular weight excluding hydrogens is 474 g/mol. The monoisotopic (exact) mass is 497 g/mol. The molecule has 13 heteroatoms. The molecule has 0 spiro atoms. The van der Waals surface area contributed by atoms with E-state index in [4.69, 9.17) is 15.3 Å². The van der Waals surface area contributed by atoms with Crippen LogP contribution in [0.15, 0.2) is 21.8 Å². The number of carbonyl (C=O) groups is 3. The van der Waals surface area contributed by atoms with E-state index in [1.807, 2.05) is 0 Å². The van der Waals surface area contributed by atoms with Crippen LogP contribution in [0.25, 0.3) is 0 Å². The number of rotatable bonds is 7. The van der Waals surface area contributed by atoms with Crippen LogP contribution in [0.5, 0.6) is 0 Å². The Balaban J connectivity index is 1.49. The number of thiazole rings is 1. The average Bonchev–Trinajstić information content (AvgIpc) is 3.21. The van der Waals surface area contributed by atoms with Crippen LogP contribution >= 0.6 is 35.7 Å². The van der Waals surface area contributed by atoms with E-state index in [9.17, 15) is 14.4 Å². The van der Waals surface area contributed by atoms with Gasteiger partial charge in [-0.3, -0.25) is 19.3 Å². The fourth-order valence-electron chi connectivity index (χ4n) is 4.04. The Morgan fingerprint density at radius 1 is 1.44 bits per heavy atom. The van der Waals surface area contributed by atoms with Crippen LogP contribution in [0, 0.1) is 5.92 Å². The summed E-state index contributed by atoms with van der Waals surface area (Å²) < 4.78 is 5.41. The molecule has 0 saturated carbocycles. The smallest absolute Gasteiger partial charge is 0.276 e. The van der Waals surface area contributed by atoms with Gasteiger partial charge in [-0.25, -0.2) is 4.98 Å². The van der Waals surface area contributed by atoms with E-state index >= 15 is 0 Å². The number of ether oxygens (including phenoxy) is 1. The molecule has 2 atom stereocenters. The summed E-state index contributed by atoms with van der Waals surface area (Å²) in [5.41, 5.74) is 7.11. The van der Waals surface area contributed by atoms with E-state index in [0.717, 1.165) is 36.2 Å². The Kier molecular flexibility index (Phi) is 7.08. The van der Waals surface area contributed by atoms with Gasteiger partial charge < -0.3 is 20.6 Å². The number of hydrogen-bond acceptors (Lipinski definition) is 10. The quantitative estimate of drug-likeness (QED) is 0.220. The standard InChI is InChI=1S/C19H23N5O5S3/c1-28-23-12(11-8-32-19(20)21-11)15(25)22-13-16(26)24-14(18(27)30)10(7-31-17(13)24)6-9-2-4-29-5-3-9/h8-9,13,17H,2-7H2,1H3,(H2,20,21)(H,22,25)(H,27,30)/b23-12-/t13?,17-/m1/s1. The Bertz CT molecular complexity index is 988. The number of nitrogen functional groups attached to an aromatic ring is 1. The summed E-state index contributed by atoms with van der Waals surface area (Å²) >= 11 is 6.72. The number of hydrogen-bond donors (Lipinski definition) is 3. The van der Waals surface area contributed by atoms with Crippen molar-refractivity contribution in [1.29, 1.82) is 0 Å². The summed E-state index contributed by atoms with van der Waals surface area (Å²) in [4.78, 5) is 48.4.